The number of aromatic nitrogens is 1. The van der Waals surface area contributed by atoms with Gasteiger partial charge in [-0.05, 0) is 19.1 Å². The van der Waals surface area contributed by atoms with Crippen LogP contribution in [0.5, 0.6) is 0 Å². The first-order chi connectivity index (χ1) is 12.2. The lowest BCUT2D eigenvalue weighted by atomic mass is 10.0. The van der Waals surface area contributed by atoms with E-state index in [1.807, 2.05) is 24.0 Å². The molecule has 2 atom stereocenters. The van der Waals surface area contributed by atoms with E-state index in [2.05, 4.69) is 34.3 Å². The molecule has 2 saturated heterocycles. The van der Waals surface area contributed by atoms with Gasteiger partial charge in [0, 0.05) is 49.8 Å². The van der Waals surface area contributed by atoms with Crippen LogP contribution in [0.15, 0.2) is 40.9 Å². The van der Waals surface area contributed by atoms with Crippen molar-refractivity contribution in [3.8, 4) is 0 Å². The molecule has 1 amide bonds. The summed E-state index contributed by atoms with van der Waals surface area (Å²) in [5.74, 6) is 1.94. The van der Waals surface area contributed by atoms with E-state index in [-0.39, 0.29) is 12.5 Å². The molecule has 2 fully saturated rings. The quantitative estimate of drug-likeness (QED) is 0.833. The van der Waals surface area contributed by atoms with Crippen LogP contribution in [0.1, 0.15) is 11.5 Å². The highest BCUT2D eigenvalue weighted by Crippen LogP contribution is 2.33. The molecule has 0 spiro atoms. The molecule has 6 heteroatoms. The molecule has 132 valence electrons. The largest absolute Gasteiger partial charge is 0.371 e. The number of rotatable bonds is 5. The standard InChI is InChI=1S/C19H23N3O3/c1-14-7-17(20-25-14)12-24-13-19(23)22-10-15-8-21(9-16(15)11-22)18-5-3-2-4-6-18/h2-7,15-16H,8-13H2,1H3. The number of amides is 1. The molecule has 0 saturated carbocycles. The van der Waals surface area contributed by atoms with Gasteiger partial charge in [-0.3, -0.25) is 4.79 Å². The predicted molar refractivity (Wildman–Crippen MR) is 93.1 cm³/mol. The third-order valence-corrected chi connectivity index (χ3v) is 5.11. The van der Waals surface area contributed by atoms with Crippen molar-refractivity contribution in [2.75, 3.05) is 37.7 Å². The maximum Gasteiger partial charge on any atom is 0.248 e. The summed E-state index contributed by atoms with van der Waals surface area (Å²) in [6, 6.07) is 12.3. The van der Waals surface area contributed by atoms with Crippen LogP contribution in [-0.4, -0.2) is 48.7 Å². The summed E-state index contributed by atoms with van der Waals surface area (Å²) in [6.45, 7) is 5.97. The Labute approximate surface area is 147 Å². The van der Waals surface area contributed by atoms with Gasteiger partial charge in [0.2, 0.25) is 5.91 Å². The molecule has 3 heterocycles. The maximum atomic E-state index is 12.4. The summed E-state index contributed by atoms with van der Waals surface area (Å²) < 4.78 is 10.5. The summed E-state index contributed by atoms with van der Waals surface area (Å²) in [6.07, 6.45) is 0. The average molecular weight is 341 g/mol. The molecular formula is C19H23N3O3. The highest BCUT2D eigenvalue weighted by molar-refractivity contribution is 5.77. The van der Waals surface area contributed by atoms with Crippen LogP contribution in [0.2, 0.25) is 0 Å². The van der Waals surface area contributed by atoms with Gasteiger partial charge >= 0.3 is 0 Å². The monoisotopic (exact) mass is 341 g/mol. The highest BCUT2D eigenvalue weighted by Gasteiger charge is 2.41. The van der Waals surface area contributed by atoms with Gasteiger partial charge in [-0.2, -0.15) is 0 Å². The molecule has 1 aromatic carbocycles. The Morgan fingerprint density at radius 2 is 1.92 bits per heavy atom. The second kappa shape index (κ2) is 6.88. The van der Waals surface area contributed by atoms with Crippen LogP contribution in [0.3, 0.4) is 0 Å². The Morgan fingerprint density at radius 3 is 2.56 bits per heavy atom. The van der Waals surface area contributed by atoms with Crippen LogP contribution in [-0.2, 0) is 16.1 Å². The molecule has 0 aliphatic carbocycles. The fraction of sp³-hybridized carbons (Fsp3) is 0.474. The summed E-state index contributed by atoms with van der Waals surface area (Å²) in [5.41, 5.74) is 2.00. The second-order valence-corrected chi connectivity index (χ2v) is 6.98. The van der Waals surface area contributed by atoms with Crippen molar-refractivity contribution in [2.45, 2.75) is 13.5 Å². The number of benzene rings is 1. The van der Waals surface area contributed by atoms with Crippen LogP contribution in [0.4, 0.5) is 5.69 Å². The molecule has 1 aromatic heterocycles. The minimum Gasteiger partial charge on any atom is -0.371 e. The van der Waals surface area contributed by atoms with Crippen LogP contribution < -0.4 is 4.90 Å². The smallest absolute Gasteiger partial charge is 0.248 e. The van der Waals surface area contributed by atoms with Crippen LogP contribution in [0.25, 0.3) is 0 Å². The third-order valence-electron chi connectivity index (χ3n) is 5.11. The zero-order valence-electron chi connectivity index (χ0n) is 14.4. The van der Waals surface area contributed by atoms with Crippen molar-refractivity contribution in [2.24, 2.45) is 11.8 Å². The normalized spacial score (nSPS) is 22.4. The minimum atomic E-state index is 0.0703. The summed E-state index contributed by atoms with van der Waals surface area (Å²) in [7, 11) is 0. The number of para-hydroxylation sites is 1. The molecule has 2 aromatic rings. The van der Waals surface area contributed by atoms with Gasteiger partial charge in [0.05, 0.1) is 6.61 Å². The Hall–Kier alpha value is -2.34. The number of hydrogen-bond acceptors (Lipinski definition) is 5. The van der Waals surface area contributed by atoms with Crippen LogP contribution >= 0.6 is 0 Å². The molecular weight excluding hydrogens is 318 g/mol. The van der Waals surface area contributed by atoms with Gasteiger partial charge in [-0.1, -0.05) is 23.4 Å². The first-order valence-electron chi connectivity index (χ1n) is 8.77. The number of fused-ring (bicyclic) bond motifs is 1. The van der Waals surface area contributed by atoms with E-state index in [0.717, 1.165) is 37.6 Å². The molecule has 2 unspecified atom stereocenters. The Bertz CT molecular complexity index is 717. The minimum absolute atomic E-state index is 0.0703. The molecule has 0 bridgehead atoms. The first-order valence-corrected chi connectivity index (χ1v) is 8.77. The molecule has 25 heavy (non-hydrogen) atoms. The Kier molecular flexibility index (Phi) is 4.44. The number of ether oxygens (including phenoxy) is 1. The number of carbonyl (C=O) groups excluding carboxylic acids is 1. The number of likely N-dealkylation sites (tertiary alicyclic amines) is 1. The van der Waals surface area contributed by atoms with Crippen molar-refractivity contribution in [3.05, 3.63) is 47.9 Å². The molecule has 6 nitrogen and oxygen atoms in total. The van der Waals surface area contributed by atoms with E-state index in [9.17, 15) is 4.79 Å². The molecule has 4 rings (SSSR count). The first kappa shape index (κ1) is 16.1. The highest BCUT2D eigenvalue weighted by atomic mass is 16.5. The average Bonchev–Trinajstić information content (AvgIpc) is 3.30. The van der Waals surface area contributed by atoms with Gasteiger partial charge in [0.1, 0.15) is 18.1 Å². The van der Waals surface area contributed by atoms with Gasteiger partial charge in [0.25, 0.3) is 0 Å². The number of carbonyl (C=O) groups is 1. The van der Waals surface area contributed by atoms with E-state index < -0.39 is 0 Å². The number of aryl methyl sites for hydroxylation is 1. The molecule has 0 N–H and O–H groups in total. The molecule has 0 radical (unpaired) electrons. The third kappa shape index (κ3) is 3.54. The van der Waals surface area contributed by atoms with Crippen LogP contribution in [0, 0.1) is 18.8 Å². The summed E-state index contributed by atoms with van der Waals surface area (Å²) in [5, 5.41) is 3.86. The lowest BCUT2D eigenvalue weighted by Crippen LogP contribution is -2.35. The van der Waals surface area contributed by atoms with Gasteiger partial charge in [-0.25, -0.2) is 0 Å². The van der Waals surface area contributed by atoms with E-state index in [1.165, 1.54) is 5.69 Å². The van der Waals surface area contributed by atoms with E-state index in [1.54, 1.807) is 0 Å². The van der Waals surface area contributed by atoms with Gasteiger partial charge in [-0.15, -0.1) is 0 Å². The number of nitrogens with zero attached hydrogens (tertiary/aromatic N) is 3. The van der Waals surface area contributed by atoms with Crippen molar-refractivity contribution >= 4 is 11.6 Å². The van der Waals surface area contributed by atoms with E-state index >= 15 is 0 Å². The van der Waals surface area contributed by atoms with Crippen molar-refractivity contribution < 1.29 is 14.1 Å². The van der Waals surface area contributed by atoms with Gasteiger partial charge in [0.15, 0.2) is 0 Å². The van der Waals surface area contributed by atoms with Gasteiger partial charge < -0.3 is 19.1 Å². The van der Waals surface area contributed by atoms with Crippen molar-refractivity contribution in [1.82, 2.24) is 10.1 Å². The summed E-state index contributed by atoms with van der Waals surface area (Å²) >= 11 is 0. The predicted octanol–water partition coefficient (Wildman–Crippen LogP) is 2.09. The Balaban J connectivity index is 1.24. The van der Waals surface area contributed by atoms with E-state index in [0.29, 0.717) is 18.4 Å². The lowest BCUT2D eigenvalue weighted by Gasteiger charge is -2.23. The van der Waals surface area contributed by atoms with E-state index in [4.69, 9.17) is 9.26 Å². The maximum absolute atomic E-state index is 12.4. The SMILES string of the molecule is Cc1cc(COCC(=O)N2CC3CN(c4ccccc4)CC3C2)no1. The topological polar surface area (TPSA) is 58.8 Å². The number of anilines is 1. The lowest BCUT2D eigenvalue weighted by molar-refractivity contribution is -0.135. The zero-order chi connectivity index (χ0) is 17.2. The number of hydrogen-bond donors (Lipinski definition) is 0. The zero-order valence-corrected chi connectivity index (χ0v) is 14.4. The molecule has 2 aliphatic heterocycles. The summed E-state index contributed by atoms with van der Waals surface area (Å²) in [4.78, 5) is 16.7. The second-order valence-electron chi connectivity index (χ2n) is 6.98. The van der Waals surface area contributed by atoms with Crippen molar-refractivity contribution in [3.63, 3.8) is 0 Å². The fourth-order valence-electron chi connectivity index (χ4n) is 3.87. The Morgan fingerprint density at radius 1 is 1.20 bits per heavy atom. The fourth-order valence-corrected chi connectivity index (χ4v) is 3.87. The van der Waals surface area contributed by atoms with Crippen molar-refractivity contribution in [1.29, 1.82) is 0 Å². The molecule has 2 aliphatic rings.